The van der Waals surface area contributed by atoms with Crippen LogP contribution in [0, 0.1) is 0 Å². The van der Waals surface area contributed by atoms with Crippen molar-refractivity contribution in [3.8, 4) is 0 Å². The van der Waals surface area contributed by atoms with E-state index in [1.165, 1.54) is 0 Å². The van der Waals surface area contributed by atoms with Gasteiger partial charge in [-0.05, 0) is 40.5 Å². The Morgan fingerprint density at radius 1 is 1.20 bits per heavy atom. The monoisotopic (exact) mass is 554 g/mol. The van der Waals surface area contributed by atoms with E-state index in [-0.39, 0.29) is 24.0 Å². The Kier molecular flexibility index (Phi) is 12.6. The van der Waals surface area contributed by atoms with Crippen molar-refractivity contribution in [2.24, 2.45) is 4.99 Å². The first kappa shape index (κ1) is 28.7. The largest absolute Gasteiger partial charge is 0.444 e. The van der Waals surface area contributed by atoms with E-state index in [1.807, 2.05) is 52.1 Å². The molecule has 0 saturated heterocycles. The Hall–Kier alpha value is -1.30. The molecule has 0 atom stereocenters. The second kappa shape index (κ2) is 13.2. The number of alkyl carbamates (subject to hydrolysis) is 1. The minimum Gasteiger partial charge on any atom is -0.444 e. The zero-order chi connectivity index (χ0) is 22.1. The lowest BCUT2D eigenvalue weighted by atomic mass is 9.93. The van der Waals surface area contributed by atoms with Gasteiger partial charge in [-0.2, -0.15) is 0 Å². The Morgan fingerprint density at radius 3 is 2.30 bits per heavy atom. The van der Waals surface area contributed by atoms with Crippen LogP contribution in [0.1, 0.15) is 60.1 Å². The third kappa shape index (κ3) is 10.1. The molecular weight excluding hydrogens is 515 g/mol. The number of guanidine groups is 1. The van der Waals surface area contributed by atoms with Gasteiger partial charge in [-0.1, -0.05) is 13.8 Å². The number of rotatable bonds is 9. The molecule has 10 heteroatoms. The van der Waals surface area contributed by atoms with Crippen molar-refractivity contribution >= 4 is 52.5 Å². The van der Waals surface area contributed by atoms with Crippen LogP contribution in [0.3, 0.4) is 0 Å². The summed E-state index contributed by atoms with van der Waals surface area (Å²) in [5.41, 5.74) is -0.0165. The molecule has 0 aliphatic heterocycles. The first-order valence-electron chi connectivity index (χ1n) is 10.2. The molecule has 0 unspecified atom stereocenters. The van der Waals surface area contributed by atoms with Crippen molar-refractivity contribution in [2.45, 2.75) is 72.1 Å². The van der Waals surface area contributed by atoms with Crippen molar-refractivity contribution in [1.82, 2.24) is 20.9 Å². The number of halogens is 1. The van der Waals surface area contributed by atoms with Gasteiger partial charge < -0.3 is 25.6 Å². The van der Waals surface area contributed by atoms with Crippen molar-refractivity contribution in [3.05, 3.63) is 11.1 Å². The van der Waals surface area contributed by atoms with Crippen LogP contribution in [0.25, 0.3) is 0 Å². The highest BCUT2D eigenvalue weighted by Gasteiger charge is 2.30. The number of aromatic nitrogens is 1. The molecule has 1 aromatic rings. The molecule has 30 heavy (non-hydrogen) atoms. The van der Waals surface area contributed by atoms with Gasteiger partial charge in [0, 0.05) is 32.6 Å². The first-order chi connectivity index (χ1) is 13.5. The van der Waals surface area contributed by atoms with Crippen LogP contribution in [-0.4, -0.2) is 55.4 Å². The van der Waals surface area contributed by atoms with Crippen LogP contribution in [0.2, 0.25) is 0 Å². The zero-order valence-electron chi connectivity index (χ0n) is 19.6. The van der Waals surface area contributed by atoms with Gasteiger partial charge in [-0.15, -0.1) is 35.3 Å². The van der Waals surface area contributed by atoms with Crippen molar-refractivity contribution in [3.63, 3.8) is 0 Å². The fourth-order valence-electron chi connectivity index (χ4n) is 2.57. The molecule has 0 radical (unpaired) electrons. The fourth-order valence-corrected chi connectivity index (χ4v) is 3.32. The van der Waals surface area contributed by atoms with E-state index < -0.39 is 17.2 Å². The average Bonchev–Trinajstić information content (AvgIpc) is 3.10. The van der Waals surface area contributed by atoms with Crippen LogP contribution in [-0.2, 0) is 11.3 Å². The number of amides is 1. The molecule has 0 fully saturated rings. The number of nitrogens with one attached hydrogen (secondary N) is 3. The lowest BCUT2D eigenvalue weighted by Crippen LogP contribution is -2.57. The number of nitrogens with zero attached hydrogens (tertiary/aromatic N) is 3. The van der Waals surface area contributed by atoms with Crippen LogP contribution in [0.5, 0.6) is 0 Å². The van der Waals surface area contributed by atoms with Gasteiger partial charge >= 0.3 is 6.09 Å². The SMILES string of the molecule is CCNC(=NCc1csc(N(C)C)n1)NCC(CC)(CC)NC(=O)OC(C)(C)C.I. The Morgan fingerprint density at radius 2 is 1.83 bits per heavy atom. The lowest BCUT2D eigenvalue weighted by molar-refractivity contribution is 0.0448. The number of carbonyl (C=O) groups is 1. The van der Waals surface area contributed by atoms with Gasteiger partial charge in [0.1, 0.15) is 5.60 Å². The van der Waals surface area contributed by atoms with Crippen molar-refractivity contribution < 1.29 is 9.53 Å². The van der Waals surface area contributed by atoms with E-state index in [0.29, 0.717) is 19.0 Å². The maximum atomic E-state index is 12.3. The fraction of sp³-hybridized carbons (Fsp3) is 0.750. The lowest BCUT2D eigenvalue weighted by Gasteiger charge is -2.34. The number of aliphatic imine (C=N–C) groups is 1. The van der Waals surface area contributed by atoms with E-state index in [0.717, 1.165) is 30.2 Å². The summed E-state index contributed by atoms with van der Waals surface area (Å²) in [5, 5.41) is 12.7. The number of ether oxygens (including phenoxy) is 1. The van der Waals surface area contributed by atoms with E-state index in [1.54, 1.807) is 11.3 Å². The minimum atomic E-state index is -0.528. The summed E-state index contributed by atoms with van der Waals surface area (Å²) >= 11 is 1.60. The second-order valence-corrected chi connectivity index (χ2v) is 9.02. The van der Waals surface area contributed by atoms with Crippen LogP contribution in [0.4, 0.5) is 9.93 Å². The standard InChI is InChI=1S/C20H38N6O2S.HI/c1-9-20(10-2,25-18(27)28-19(4,5)6)14-23-16(21-11-3)22-12-15-13-29-17(24-15)26(7)8;/h13H,9-12,14H2,1-8H3,(H,25,27)(H2,21,22,23);1H. The Balaban J connectivity index is 0.00000841. The van der Waals surface area contributed by atoms with Crippen molar-refractivity contribution in [2.75, 3.05) is 32.1 Å². The van der Waals surface area contributed by atoms with Gasteiger partial charge in [-0.3, -0.25) is 0 Å². The predicted octanol–water partition coefficient (Wildman–Crippen LogP) is 3.97. The molecule has 0 bridgehead atoms. The van der Waals surface area contributed by atoms with Crippen LogP contribution >= 0.6 is 35.3 Å². The molecule has 8 nitrogen and oxygen atoms in total. The number of thiazole rings is 1. The summed E-state index contributed by atoms with van der Waals surface area (Å²) < 4.78 is 5.44. The highest BCUT2D eigenvalue weighted by atomic mass is 127. The zero-order valence-corrected chi connectivity index (χ0v) is 22.7. The Bertz CT molecular complexity index is 668. The highest BCUT2D eigenvalue weighted by molar-refractivity contribution is 14.0. The van der Waals surface area contributed by atoms with Crippen LogP contribution < -0.4 is 20.9 Å². The first-order valence-corrected chi connectivity index (χ1v) is 11.1. The van der Waals surface area contributed by atoms with Gasteiger partial charge in [0.15, 0.2) is 11.1 Å². The summed E-state index contributed by atoms with van der Waals surface area (Å²) in [4.78, 5) is 23.5. The quantitative estimate of drug-likeness (QED) is 0.243. The molecule has 1 heterocycles. The van der Waals surface area contributed by atoms with Crippen LogP contribution in [0.15, 0.2) is 10.4 Å². The van der Waals surface area contributed by atoms with E-state index in [9.17, 15) is 4.79 Å². The normalized spacial score (nSPS) is 12.1. The number of anilines is 1. The minimum absolute atomic E-state index is 0. The topological polar surface area (TPSA) is 90.9 Å². The average molecular weight is 555 g/mol. The molecule has 1 amide bonds. The summed E-state index contributed by atoms with van der Waals surface area (Å²) in [6.07, 6.45) is 1.14. The molecule has 0 spiro atoms. The predicted molar refractivity (Wildman–Crippen MR) is 137 cm³/mol. The maximum absolute atomic E-state index is 12.3. The number of hydrogen-bond acceptors (Lipinski definition) is 6. The second-order valence-electron chi connectivity index (χ2n) is 8.18. The molecule has 0 saturated carbocycles. The molecule has 0 aliphatic rings. The Labute approximate surface area is 202 Å². The van der Waals surface area contributed by atoms with E-state index in [4.69, 9.17) is 4.74 Å². The molecular formula is C20H39IN6O2S. The third-order valence-electron chi connectivity index (χ3n) is 4.38. The molecule has 1 rings (SSSR count). The summed E-state index contributed by atoms with van der Waals surface area (Å²) in [5.74, 6) is 0.698. The van der Waals surface area contributed by atoms with Gasteiger partial charge in [-0.25, -0.2) is 14.8 Å². The molecule has 3 N–H and O–H groups in total. The smallest absolute Gasteiger partial charge is 0.408 e. The number of carbonyl (C=O) groups excluding carboxylic acids is 1. The number of hydrogen-bond donors (Lipinski definition) is 3. The third-order valence-corrected chi connectivity index (χ3v) is 5.44. The van der Waals surface area contributed by atoms with Gasteiger partial charge in [0.2, 0.25) is 0 Å². The summed E-state index contributed by atoms with van der Waals surface area (Å²) in [7, 11) is 3.95. The molecule has 1 aromatic heterocycles. The highest BCUT2D eigenvalue weighted by Crippen LogP contribution is 2.19. The van der Waals surface area contributed by atoms with E-state index >= 15 is 0 Å². The summed E-state index contributed by atoms with van der Waals surface area (Å²) in [6.45, 7) is 13.5. The maximum Gasteiger partial charge on any atom is 0.408 e. The molecule has 174 valence electrons. The van der Waals surface area contributed by atoms with Gasteiger partial charge in [0.25, 0.3) is 0 Å². The van der Waals surface area contributed by atoms with Crippen molar-refractivity contribution in [1.29, 1.82) is 0 Å². The molecule has 0 aliphatic carbocycles. The van der Waals surface area contributed by atoms with E-state index in [2.05, 4.69) is 39.8 Å². The molecule has 0 aromatic carbocycles. The summed E-state index contributed by atoms with van der Waals surface area (Å²) in [6, 6.07) is 0. The van der Waals surface area contributed by atoms with Gasteiger partial charge in [0.05, 0.1) is 17.8 Å².